The summed E-state index contributed by atoms with van der Waals surface area (Å²) in [5, 5.41) is 0. The lowest BCUT2D eigenvalue weighted by molar-refractivity contribution is 0.140. The average Bonchev–Trinajstić information content (AvgIpc) is 2.14. The van der Waals surface area contributed by atoms with Crippen LogP contribution in [0.15, 0.2) is 0 Å². The summed E-state index contributed by atoms with van der Waals surface area (Å²) in [4.78, 5) is 2.37. The van der Waals surface area contributed by atoms with Crippen LogP contribution in [0.3, 0.4) is 0 Å². The fraction of sp³-hybridized carbons (Fsp3) is 1.00. The molecule has 1 rings (SSSR count). The van der Waals surface area contributed by atoms with E-state index in [-0.39, 0.29) is 6.04 Å². The standard InChI is InChI=1S/C8H18N2O/c1-8(9)7-10-3-2-5-11-6-4-10/h8H,2-7,9H2,1H3. The first-order valence-corrected chi connectivity index (χ1v) is 4.34. The fourth-order valence-electron chi connectivity index (χ4n) is 1.39. The van der Waals surface area contributed by atoms with Gasteiger partial charge in [-0.15, -0.1) is 0 Å². The van der Waals surface area contributed by atoms with Gasteiger partial charge in [0.1, 0.15) is 0 Å². The maximum absolute atomic E-state index is 5.69. The summed E-state index contributed by atoms with van der Waals surface area (Å²) in [6.45, 7) is 7.01. The Bertz CT molecular complexity index is 98.3. The maximum atomic E-state index is 5.69. The molecule has 0 aromatic carbocycles. The first kappa shape index (κ1) is 8.97. The zero-order chi connectivity index (χ0) is 8.10. The van der Waals surface area contributed by atoms with Gasteiger partial charge in [0.25, 0.3) is 0 Å². The quantitative estimate of drug-likeness (QED) is 0.617. The molecule has 66 valence electrons. The van der Waals surface area contributed by atoms with Crippen molar-refractivity contribution in [2.75, 3.05) is 32.8 Å². The molecule has 1 saturated heterocycles. The monoisotopic (exact) mass is 158 g/mol. The van der Waals surface area contributed by atoms with Gasteiger partial charge in [-0.1, -0.05) is 0 Å². The Labute approximate surface area is 68.5 Å². The maximum Gasteiger partial charge on any atom is 0.0593 e. The Morgan fingerprint density at radius 3 is 3.00 bits per heavy atom. The van der Waals surface area contributed by atoms with E-state index in [0.717, 1.165) is 39.3 Å². The average molecular weight is 158 g/mol. The largest absolute Gasteiger partial charge is 0.380 e. The van der Waals surface area contributed by atoms with Gasteiger partial charge in [0, 0.05) is 32.3 Å². The van der Waals surface area contributed by atoms with Crippen molar-refractivity contribution in [3.05, 3.63) is 0 Å². The van der Waals surface area contributed by atoms with Crippen LogP contribution in [0.4, 0.5) is 0 Å². The third-order valence-corrected chi connectivity index (χ3v) is 1.86. The number of nitrogens with two attached hydrogens (primary N) is 1. The van der Waals surface area contributed by atoms with E-state index in [9.17, 15) is 0 Å². The van der Waals surface area contributed by atoms with E-state index in [4.69, 9.17) is 10.5 Å². The highest BCUT2D eigenvalue weighted by molar-refractivity contribution is 4.65. The molecule has 2 N–H and O–H groups in total. The minimum absolute atomic E-state index is 0.285. The Morgan fingerprint density at radius 2 is 2.27 bits per heavy atom. The molecule has 0 aromatic rings. The normalized spacial score (nSPS) is 24.5. The van der Waals surface area contributed by atoms with E-state index < -0.39 is 0 Å². The molecule has 1 aliphatic heterocycles. The van der Waals surface area contributed by atoms with Gasteiger partial charge in [-0.25, -0.2) is 0 Å². The number of nitrogens with zero attached hydrogens (tertiary/aromatic N) is 1. The van der Waals surface area contributed by atoms with E-state index in [1.165, 1.54) is 0 Å². The van der Waals surface area contributed by atoms with Crippen LogP contribution in [0.25, 0.3) is 0 Å². The van der Waals surface area contributed by atoms with Crippen molar-refractivity contribution >= 4 is 0 Å². The summed E-state index contributed by atoms with van der Waals surface area (Å²) in [5.41, 5.74) is 5.69. The third-order valence-electron chi connectivity index (χ3n) is 1.86. The lowest BCUT2D eigenvalue weighted by Crippen LogP contribution is -2.37. The molecule has 0 spiro atoms. The van der Waals surface area contributed by atoms with Gasteiger partial charge in [-0.05, 0) is 13.3 Å². The van der Waals surface area contributed by atoms with Crippen molar-refractivity contribution in [1.29, 1.82) is 0 Å². The van der Waals surface area contributed by atoms with E-state index >= 15 is 0 Å². The molecule has 1 unspecified atom stereocenters. The molecule has 0 bridgehead atoms. The molecule has 1 heterocycles. The van der Waals surface area contributed by atoms with Gasteiger partial charge in [-0.3, -0.25) is 4.90 Å². The van der Waals surface area contributed by atoms with Crippen LogP contribution >= 0.6 is 0 Å². The Kier molecular flexibility index (Phi) is 3.83. The molecular weight excluding hydrogens is 140 g/mol. The molecule has 0 aliphatic carbocycles. The molecule has 3 nitrogen and oxygen atoms in total. The summed E-state index contributed by atoms with van der Waals surface area (Å²) < 4.78 is 5.32. The van der Waals surface area contributed by atoms with Crippen LogP contribution in [0, 0.1) is 0 Å². The van der Waals surface area contributed by atoms with Gasteiger partial charge in [0.15, 0.2) is 0 Å². The molecule has 11 heavy (non-hydrogen) atoms. The van der Waals surface area contributed by atoms with Gasteiger partial charge in [-0.2, -0.15) is 0 Å². The third kappa shape index (κ3) is 3.70. The first-order valence-electron chi connectivity index (χ1n) is 4.34. The van der Waals surface area contributed by atoms with Crippen LogP contribution in [0.2, 0.25) is 0 Å². The molecule has 0 amide bonds. The second kappa shape index (κ2) is 4.70. The lowest BCUT2D eigenvalue weighted by atomic mass is 10.3. The number of rotatable bonds is 2. The van der Waals surface area contributed by atoms with Crippen LogP contribution in [0.5, 0.6) is 0 Å². The molecule has 0 radical (unpaired) electrons. The summed E-state index contributed by atoms with van der Waals surface area (Å²) in [6, 6.07) is 0.285. The molecule has 1 aliphatic rings. The minimum Gasteiger partial charge on any atom is -0.380 e. The zero-order valence-electron chi connectivity index (χ0n) is 7.25. The van der Waals surface area contributed by atoms with Crippen molar-refractivity contribution in [3.8, 4) is 0 Å². The SMILES string of the molecule is CC(N)CN1CCCOCC1. The highest BCUT2D eigenvalue weighted by atomic mass is 16.5. The van der Waals surface area contributed by atoms with Crippen molar-refractivity contribution in [1.82, 2.24) is 4.90 Å². The van der Waals surface area contributed by atoms with Crippen molar-refractivity contribution in [2.45, 2.75) is 19.4 Å². The van der Waals surface area contributed by atoms with Crippen LogP contribution < -0.4 is 5.73 Å². The second-order valence-electron chi connectivity index (χ2n) is 3.24. The molecule has 0 aromatic heterocycles. The van der Waals surface area contributed by atoms with E-state index in [0.29, 0.717) is 0 Å². The molecule has 1 atom stereocenters. The molecule has 1 fully saturated rings. The Balaban J connectivity index is 2.20. The Morgan fingerprint density at radius 1 is 1.45 bits per heavy atom. The van der Waals surface area contributed by atoms with Gasteiger partial charge in [0.05, 0.1) is 6.61 Å². The number of hydrogen-bond donors (Lipinski definition) is 1. The highest BCUT2D eigenvalue weighted by Gasteiger charge is 2.09. The summed E-state index contributed by atoms with van der Waals surface area (Å²) in [6.07, 6.45) is 1.15. The van der Waals surface area contributed by atoms with Crippen molar-refractivity contribution in [3.63, 3.8) is 0 Å². The minimum atomic E-state index is 0.285. The van der Waals surface area contributed by atoms with Crippen LogP contribution in [-0.2, 0) is 4.74 Å². The van der Waals surface area contributed by atoms with Gasteiger partial charge >= 0.3 is 0 Å². The second-order valence-corrected chi connectivity index (χ2v) is 3.24. The predicted octanol–water partition coefficient (Wildman–Crippen LogP) is 0.0559. The molecule has 3 heteroatoms. The zero-order valence-corrected chi connectivity index (χ0v) is 7.25. The van der Waals surface area contributed by atoms with E-state index in [2.05, 4.69) is 4.90 Å². The topological polar surface area (TPSA) is 38.5 Å². The molecule has 0 saturated carbocycles. The van der Waals surface area contributed by atoms with Gasteiger partial charge < -0.3 is 10.5 Å². The molecular formula is C8H18N2O. The summed E-state index contributed by atoms with van der Waals surface area (Å²) >= 11 is 0. The van der Waals surface area contributed by atoms with E-state index in [1.54, 1.807) is 0 Å². The van der Waals surface area contributed by atoms with Gasteiger partial charge in [0.2, 0.25) is 0 Å². The summed E-state index contributed by atoms with van der Waals surface area (Å²) in [7, 11) is 0. The number of hydrogen-bond acceptors (Lipinski definition) is 3. The number of ether oxygens (including phenoxy) is 1. The van der Waals surface area contributed by atoms with Crippen molar-refractivity contribution in [2.24, 2.45) is 5.73 Å². The first-order chi connectivity index (χ1) is 5.29. The predicted molar refractivity (Wildman–Crippen MR) is 45.5 cm³/mol. The van der Waals surface area contributed by atoms with Crippen molar-refractivity contribution < 1.29 is 4.74 Å². The lowest BCUT2D eigenvalue weighted by Gasteiger charge is -2.20. The Hall–Kier alpha value is -0.120. The van der Waals surface area contributed by atoms with Crippen LogP contribution in [0.1, 0.15) is 13.3 Å². The van der Waals surface area contributed by atoms with E-state index in [1.807, 2.05) is 6.92 Å². The highest BCUT2D eigenvalue weighted by Crippen LogP contribution is 1.98. The fourth-order valence-corrected chi connectivity index (χ4v) is 1.39. The smallest absolute Gasteiger partial charge is 0.0593 e. The van der Waals surface area contributed by atoms with Crippen LogP contribution in [-0.4, -0.2) is 43.8 Å². The summed E-state index contributed by atoms with van der Waals surface area (Å²) in [5.74, 6) is 0.